The Bertz CT molecular complexity index is 316. The van der Waals surface area contributed by atoms with Crippen molar-refractivity contribution in [2.24, 2.45) is 0 Å². The average molecular weight is 172 g/mol. The number of rotatable bonds is 2. The molecule has 5 nitrogen and oxygen atoms in total. The van der Waals surface area contributed by atoms with Crippen molar-refractivity contribution in [3.63, 3.8) is 0 Å². The molecule has 1 heterocycles. The van der Waals surface area contributed by atoms with Crippen molar-refractivity contribution < 1.29 is 19.0 Å². The molecule has 6 heteroatoms. The minimum Gasteiger partial charge on any atom is -0.479 e. The fourth-order valence-electron chi connectivity index (χ4n) is 0.645. The lowest BCUT2D eigenvalue weighted by Crippen LogP contribution is -2.06. The predicted octanol–water partition coefficient (Wildman–Crippen LogP) is 0.322. The summed E-state index contributed by atoms with van der Waals surface area (Å²) >= 11 is 0. The Morgan fingerprint density at radius 1 is 1.67 bits per heavy atom. The van der Waals surface area contributed by atoms with Gasteiger partial charge in [0.05, 0.1) is 7.11 Å². The summed E-state index contributed by atoms with van der Waals surface area (Å²) in [7, 11) is 1.19. The molecule has 1 N–H and O–H groups in total. The quantitative estimate of drug-likeness (QED) is 0.695. The summed E-state index contributed by atoms with van der Waals surface area (Å²) in [5.41, 5.74) is -0.693. The predicted molar refractivity (Wildman–Crippen MR) is 35.5 cm³/mol. The van der Waals surface area contributed by atoms with Crippen LogP contribution < -0.4 is 4.74 Å². The molecular weight excluding hydrogens is 167 g/mol. The van der Waals surface area contributed by atoms with Crippen molar-refractivity contribution in [2.45, 2.75) is 0 Å². The zero-order valence-electron chi connectivity index (χ0n) is 6.11. The highest BCUT2D eigenvalue weighted by atomic mass is 19.1. The Balaban J connectivity index is 3.23. The van der Waals surface area contributed by atoms with Crippen LogP contribution in [0, 0.1) is 5.82 Å². The van der Waals surface area contributed by atoms with E-state index in [1.165, 1.54) is 7.11 Å². The van der Waals surface area contributed by atoms with E-state index < -0.39 is 17.5 Å². The Morgan fingerprint density at radius 2 is 2.33 bits per heavy atom. The molecule has 0 spiro atoms. The lowest BCUT2D eigenvalue weighted by atomic mass is 10.4. The van der Waals surface area contributed by atoms with Crippen molar-refractivity contribution >= 4 is 5.97 Å². The zero-order chi connectivity index (χ0) is 9.14. The number of aromatic carboxylic acids is 1. The van der Waals surface area contributed by atoms with Crippen molar-refractivity contribution in [2.75, 3.05) is 7.11 Å². The normalized spacial score (nSPS) is 9.50. The fraction of sp³-hybridized carbons (Fsp3) is 0.167. The largest absolute Gasteiger partial charge is 0.479 e. The van der Waals surface area contributed by atoms with E-state index >= 15 is 0 Å². The monoisotopic (exact) mass is 172 g/mol. The van der Waals surface area contributed by atoms with Gasteiger partial charge in [0, 0.05) is 0 Å². The molecule has 0 aliphatic carbocycles. The van der Waals surface area contributed by atoms with E-state index in [2.05, 4.69) is 14.7 Å². The molecule has 64 valence electrons. The summed E-state index contributed by atoms with van der Waals surface area (Å²) in [6.07, 6.45) is 0.922. The minimum atomic E-state index is -1.45. The second-order valence-corrected chi connectivity index (χ2v) is 1.85. The van der Waals surface area contributed by atoms with Crippen LogP contribution in [0.4, 0.5) is 4.39 Å². The van der Waals surface area contributed by atoms with Gasteiger partial charge in [0.2, 0.25) is 5.82 Å². The van der Waals surface area contributed by atoms with E-state index in [4.69, 9.17) is 5.11 Å². The lowest BCUT2D eigenvalue weighted by Gasteiger charge is -2.00. The minimum absolute atomic E-state index is 0.373. The van der Waals surface area contributed by atoms with Crippen molar-refractivity contribution in [3.05, 3.63) is 17.8 Å². The highest BCUT2D eigenvalue weighted by molar-refractivity contribution is 5.85. The van der Waals surface area contributed by atoms with Crippen LogP contribution in [-0.2, 0) is 0 Å². The summed E-state index contributed by atoms with van der Waals surface area (Å²) in [5, 5.41) is 8.40. The number of halogens is 1. The third-order valence-corrected chi connectivity index (χ3v) is 1.15. The number of nitrogens with zero attached hydrogens (tertiary/aromatic N) is 2. The summed E-state index contributed by atoms with van der Waals surface area (Å²) in [6, 6.07) is 0. The molecule has 0 radical (unpaired) electrons. The van der Waals surface area contributed by atoms with Gasteiger partial charge >= 0.3 is 5.97 Å². The molecule has 0 unspecified atom stereocenters. The van der Waals surface area contributed by atoms with Crippen LogP contribution in [0.2, 0.25) is 0 Å². The Labute approximate surface area is 66.8 Å². The van der Waals surface area contributed by atoms with E-state index in [1.807, 2.05) is 0 Å². The summed E-state index contributed by atoms with van der Waals surface area (Å²) < 4.78 is 17.3. The summed E-state index contributed by atoms with van der Waals surface area (Å²) in [4.78, 5) is 16.9. The first kappa shape index (κ1) is 8.38. The van der Waals surface area contributed by atoms with E-state index in [9.17, 15) is 9.18 Å². The SMILES string of the molecule is COc1ncnc(C(=O)O)c1F. The third kappa shape index (κ3) is 1.31. The molecule has 1 aromatic rings. The van der Waals surface area contributed by atoms with Gasteiger partial charge in [-0.2, -0.15) is 9.37 Å². The highest BCUT2D eigenvalue weighted by Crippen LogP contribution is 2.13. The van der Waals surface area contributed by atoms with Crippen molar-refractivity contribution in [3.8, 4) is 5.88 Å². The second-order valence-electron chi connectivity index (χ2n) is 1.85. The Hall–Kier alpha value is -1.72. The topological polar surface area (TPSA) is 72.3 Å². The molecule has 12 heavy (non-hydrogen) atoms. The van der Waals surface area contributed by atoms with Gasteiger partial charge in [-0.05, 0) is 0 Å². The molecule has 1 rings (SSSR count). The average Bonchev–Trinajstić information content (AvgIpc) is 2.04. The van der Waals surface area contributed by atoms with Crippen LogP contribution in [0.15, 0.2) is 6.33 Å². The maximum absolute atomic E-state index is 12.9. The van der Waals surface area contributed by atoms with Gasteiger partial charge in [0.25, 0.3) is 5.88 Å². The molecule has 0 aliphatic heterocycles. The van der Waals surface area contributed by atoms with E-state index in [1.54, 1.807) is 0 Å². The number of hydrogen-bond donors (Lipinski definition) is 1. The third-order valence-electron chi connectivity index (χ3n) is 1.15. The fourth-order valence-corrected chi connectivity index (χ4v) is 0.645. The van der Waals surface area contributed by atoms with E-state index in [-0.39, 0.29) is 5.88 Å². The Kier molecular flexibility index (Phi) is 2.18. The van der Waals surface area contributed by atoms with Gasteiger partial charge in [-0.1, -0.05) is 0 Å². The molecule has 1 aromatic heterocycles. The highest BCUT2D eigenvalue weighted by Gasteiger charge is 2.16. The van der Waals surface area contributed by atoms with Crippen molar-refractivity contribution in [1.82, 2.24) is 9.97 Å². The van der Waals surface area contributed by atoms with Crippen LogP contribution in [-0.4, -0.2) is 28.2 Å². The molecule has 0 aromatic carbocycles. The Morgan fingerprint density at radius 3 is 2.83 bits per heavy atom. The van der Waals surface area contributed by atoms with E-state index in [0.29, 0.717) is 0 Å². The smallest absolute Gasteiger partial charge is 0.357 e. The van der Waals surface area contributed by atoms with Crippen LogP contribution in [0.3, 0.4) is 0 Å². The van der Waals surface area contributed by atoms with Crippen molar-refractivity contribution in [1.29, 1.82) is 0 Å². The van der Waals surface area contributed by atoms with Crippen LogP contribution in [0.25, 0.3) is 0 Å². The molecule has 0 bridgehead atoms. The molecule has 0 saturated heterocycles. The second kappa shape index (κ2) is 3.12. The van der Waals surface area contributed by atoms with Crippen LogP contribution in [0.1, 0.15) is 10.5 Å². The number of carbonyl (C=O) groups is 1. The number of methoxy groups -OCH3 is 1. The van der Waals surface area contributed by atoms with E-state index in [0.717, 1.165) is 6.33 Å². The van der Waals surface area contributed by atoms with Crippen LogP contribution >= 0.6 is 0 Å². The standard InChI is InChI=1S/C6H5FN2O3/c1-12-5-3(7)4(6(10)11)8-2-9-5/h2H,1H3,(H,10,11). The first-order chi connectivity index (χ1) is 5.66. The molecule has 0 atom stereocenters. The van der Waals surface area contributed by atoms with Gasteiger partial charge < -0.3 is 9.84 Å². The maximum Gasteiger partial charge on any atom is 0.357 e. The number of aromatic nitrogens is 2. The first-order valence-corrected chi connectivity index (χ1v) is 2.94. The first-order valence-electron chi connectivity index (χ1n) is 2.94. The number of carboxylic acids is 1. The summed E-state index contributed by atoms with van der Waals surface area (Å²) in [6.45, 7) is 0. The maximum atomic E-state index is 12.9. The lowest BCUT2D eigenvalue weighted by molar-refractivity contribution is 0.0683. The number of carboxylic acid groups (broad SMARTS) is 1. The van der Waals surface area contributed by atoms with Gasteiger partial charge in [-0.3, -0.25) is 0 Å². The number of ether oxygens (including phenoxy) is 1. The molecular formula is C6H5FN2O3. The van der Waals surface area contributed by atoms with Gasteiger partial charge in [0.1, 0.15) is 6.33 Å². The van der Waals surface area contributed by atoms with Gasteiger partial charge in [-0.25, -0.2) is 9.78 Å². The molecule has 0 amide bonds. The molecule has 0 fully saturated rings. The molecule has 0 aliphatic rings. The zero-order valence-corrected chi connectivity index (χ0v) is 6.11. The summed E-state index contributed by atoms with van der Waals surface area (Å²) in [5.74, 6) is -2.89. The van der Waals surface area contributed by atoms with Gasteiger partial charge in [-0.15, -0.1) is 0 Å². The molecule has 0 saturated carbocycles. The van der Waals surface area contributed by atoms with Crippen LogP contribution in [0.5, 0.6) is 5.88 Å². The number of hydrogen-bond acceptors (Lipinski definition) is 4. The van der Waals surface area contributed by atoms with Gasteiger partial charge in [0.15, 0.2) is 5.69 Å².